The molecule has 0 saturated carbocycles. The van der Waals surface area contributed by atoms with E-state index in [0.29, 0.717) is 0 Å². The first-order valence-corrected chi connectivity index (χ1v) is 11.6. The molecule has 20 heavy (non-hydrogen) atoms. The fourth-order valence-corrected chi connectivity index (χ4v) is 8.35. The zero-order valence-corrected chi connectivity index (χ0v) is 16.3. The van der Waals surface area contributed by atoms with E-state index in [0.717, 1.165) is 17.1 Å². The molecule has 0 aliphatic carbocycles. The Bertz CT molecular complexity index is 222. The van der Waals surface area contributed by atoms with E-state index in [1.165, 1.54) is 56.5 Å². The molecule has 0 amide bonds. The molecule has 3 atom stereocenters. The average Bonchev–Trinajstić information content (AvgIpc) is 2.39. The van der Waals surface area contributed by atoms with Crippen LogP contribution in [0.15, 0.2) is 0 Å². The maximum atomic E-state index is 2.67. The fourth-order valence-electron chi connectivity index (χ4n) is 3.67. The highest BCUT2D eigenvalue weighted by molar-refractivity contribution is 8.33. The van der Waals surface area contributed by atoms with Gasteiger partial charge in [-0.2, -0.15) is 0 Å². The zero-order valence-electron chi connectivity index (χ0n) is 15.5. The zero-order chi connectivity index (χ0) is 15.6. The van der Waals surface area contributed by atoms with Crippen LogP contribution >= 0.6 is 10.0 Å². The molecule has 0 aromatic heterocycles. The molecule has 0 aliphatic rings. The van der Waals surface area contributed by atoms with Crippen LogP contribution < -0.4 is 0 Å². The lowest BCUT2D eigenvalue weighted by atomic mass is 10.0. The van der Waals surface area contributed by atoms with Crippen molar-refractivity contribution < 1.29 is 0 Å². The van der Waals surface area contributed by atoms with Gasteiger partial charge in [0.2, 0.25) is 0 Å². The molecule has 0 radical (unpaired) electrons. The molecule has 1 heteroatoms. The molecule has 0 heterocycles. The van der Waals surface area contributed by atoms with Crippen molar-refractivity contribution in [3.05, 3.63) is 0 Å². The van der Waals surface area contributed by atoms with Gasteiger partial charge in [-0.25, -0.2) is 10.0 Å². The molecule has 0 spiro atoms. The van der Waals surface area contributed by atoms with E-state index in [4.69, 9.17) is 0 Å². The van der Waals surface area contributed by atoms with Crippen molar-refractivity contribution in [3.63, 3.8) is 0 Å². The molecular formula is C19H42S. The lowest BCUT2D eigenvalue weighted by Crippen LogP contribution is -2.25. The molecular weight excluding hydrogens is 260 g/mol. The normalized spacial score (nSPS) is 19.6. The van der Waals surface area contributed by atoms with E-state index < -0.39 is 10.0 Å². The summed E-state index contributed by atoms with van der Waals surface area (Å²) >= 11 is 0. The van der Waals surface area contributed by atoms with E-state index in [1.54, 1.807) is 0 Å². The minimum Gasteiger partial charge on any atom is -0.241 e. The monoisotopic (exact) mass is 302 g/mol. The molecule has 0 N–H and O–H groups in total. The van der Waals surface area contributed by atoms with Crippen molar-refractivity contribution in [2.24, 2.45) is 11.8 Å². The summed E-state index contributed by atoms with van der Waals surface area (Å²) in [7, 11) is -0.405. The molecule has 0 fully saturated rings. The Morgan fingerprint density at radius 1 is 0.800 bits per heavy atom. The third kappa shape index (κ3) is 7.38. The van der Waals surface area contributed by atoms with E-state index in [1.807, 2.05) is 0 Å². The summed E-state index contributed by atoms with van der Waals surface area (Å²) in [6, 6.07) is 0. The second-order valence-corrected chi connectivity index (χ2v) is 11.3. The standard InChI is InChI=1S/C19H42S/c1-8-13-18(6)16-20(7,19(10-3)11-4)15-12-14-17(5)9-2/h17-19H,8-16H2,1-7H3. The van der Waals surface area contributed by atoms with Gasteiger partial charge in [0, 0.05) is 0 Å². The smallest absolute Gasteiger partial charge is 0.0119 e. The van der Waals surface area contributed by atoms with Crippen LogP contribution in [-0.2, 0) is 0 Å². The van der Waals surface area contributed by atoms with Gasteiger partial charge in [0.25, 0.3) is 0 Å². The highest BCUT2D eigenvalue weighted by Gasteiger charge is 2.27. The third-order valence-corrected chi connectivity index (χ3v) is 9.99. The van der Waals surface area contributed by atoms with Crippen LogP contribution in [0.5, 0.6) is 0 Å². The second-order valence-electron chi connectivity index (χ2n) is 7.21. The predicted molar refractivity (Wildman–Crippen MR) is 100 cm³/mol. The minimum absolute atomic E-state index is 0.405. The van der Waals surface area contributed by atoms with Crippen molar-refractivity contribution in [2.45, 2.75) is 91.7 Å². The van der Waals surface area contributed by atoms with Crippen molar-refractivity contribution >= 4 is 10.0 Å². The van der Waals surface area contributed by atoms with Gasteiger partial charge in [-0.05, 0) is 60.5 Å². The van der Waals surface area contributed by atoms with Crippen LogP contribution in [0.3, 0.4) is 0 Å². The Morgan fingerprint density at radius 3 is 1.85 bits per heavy atom. The summed E-state index contributed by atoms with van der Waals surface area (Å²) in [4.78, 5) is 0. The quantitative estimate of drug-likeness (QED) is 0.369. The van der Waals surface area contributed by atoms with Gasteiger partial charge >= 0.3 is 0 Å². The first kappa shape index (κ1) is 20.3. The van der Waals surface area contributed by atoms with Crippen LogP contribution in [0.1, 0.15) is 86.5 Å². The first-order chi connectivity index (χ1) is 9.43. The van der Waals surface area contributed by atoms with E-state index in [9.17, 15) is 0 Å². The number of hydrogen-bond acceptors (Lipinski definition) is 0. The van der Waals surface area contributed by atoms with Crippen molar-refractivity contribution in [1.82, 2.24) is 0 Å². The summed E-state index contributed by atoms with van der Waals surface area (Å²) in [6.07, 6.45) is 12.5. The van der Waals surface area contributed by atoms with Gasteiger partial charge in [0.15, 0.2) is 0 Å². The second kappa shape index (κ2) is 11.0. The maximum absolute atomic E-state index is 2.67. The Morgan fingerprint density at radius 2 is 1.40 bits per heavy atom. The molecule has 0 saturated heterocycles. The summed E-state index contributed by atoms with van der Waals surface area (Å²) in [5, 5.41) is 0.999. The van der Waals surface area contributed by atoms with Gasteiger partial charge in [-0.1, -0.05) is 60.8 Å². The summed E-state index contributed by atoms with van der Waals surface area (Å²) in [5.41, 5.74) is 0. The lowest BCUT2D eigenvalue weighted by Gasteiger charge is -2.45. The van der Waals surface area contributed by atoms with Crippen LogP contribution in [-0.4, -0.2) is 23.0 Å². The molecule has 0 aromatic carbocycles. The van der Waals surface area contributed by atoms with Crippen molar-refractivity contribution in [3.8, 4) is 0 Å². The summed E-state index contributed by atoms with van der Waals surface area (Å²) < 4.78 is 0. The minimum atomic E-state index is -0.405. The number of rotatable bonds is 12. The van der Waals surface area contributed by atoms with E-state index in [2.05, 4.69) is 47.8 Å². The SMILES string of the molecule is CCCC(C)CS(C)(CCCC(C)CC)C(CC)CC. The van der Waals surface area contributed by atoms with E-state index >= 15 is 0 Å². The van der Waals surface area contributed by atoms with E-state index in [-0.39, 0.29) is 0 Å². The van der Waals surface area contributed by atoms with Gasteiger partial charge in [0.05, 0.1) is 0 Å². The topological polar surface area (TPSA) is 0 Å². The highest BCUT2D eigenvalue weighted by atomic mass is 32.3. The molecule has 0 bridgehead atoms. The van der Waals surface area contributed by atoms with Crippen molar-refractivity contribution in [1.29, 1.82) is 0 Å². The predicted octanol–water partition coefficient (Wildman–Crippen LogP) is 6.87. The Kier molecular flexibility index (Phi) is 11.2. The molecule has 0 rings (SSSR count). The average molecular weight is 303 g/mol. The van der Waals surface area contributed by atoms with Gasteiger partial charge in [0.1, 0.15) is 0 Å². The van der Waals surface area contributed by atoms with Gasteiger partial charge in [-0.3, -0.25) is 0 Å². The van der Waals surface area contributed by atoms with Crippen LogP contribution in [0.2, 0.25) is 0 Å². The summed E-state index contributed by atoms with van der Waals surface area (Å²) in [5.74, 6) is 4.91. The van der Waals surface area contributed by atoms with Crippen LogP contribution in [0, 0.1) is 11.8 Å². The Labute approximate surface area is 131 Å². The van der Waals surface area contributed by atoms with Crippen molar-refractivity contribution in [2.75, 3.05) is 17.8 Å². The fraction of sp³-hybridized carbons (Fsp3) is 1.00. The lowest BCUT2D eigenvalue weighted by molar-refractivity contribution is 0.509. The Balaban J connectivity index is 4.60. The molecule has 0 aromatic rings. The molecule has 0 aliphatic heterocycles. The van der Waals surface area contributed by atoms with Crippen LogP contribution in [0.25, 0.3) is 0 Å². The maximum Gasteiger partial charge on any atom is -0.0119 e. The highest BCUT2D eigenvalue weighted by Crippen LogP contribution is 2.54. The van der Waals surface area contributed by atoms with Gasteiger partial charge in [-0.15, -0.1) is 0 Å². The first-order valence-electron chi connectivity index (χ1n) is 9.15. The van der Waals surface area contributed by atoms with Crippen LogP contribution in [0.4, 0.5) is 0 Å². The summed E-state index contributed by atoms with van der Waals surface area (Å²) in [6.45, 7) is 14.4. The molecule has 0 nitrogen and oxygen atoms in total. The molecule has 124 valence electrons. The Hall–Kier alpha value is 0.350. The number of hydrogen-bond donors (Lipinski definition) is 0. The van der Waals surface area contributed by atoms with Gasteiger partial charge < -0.3 is 0 Å². The molecule has 3 unspecified atom stereocenters. The third-order valence-electron chi connectivity index (χ3n) is 5.17. The largest absolute Gasteiger partial charge is 0.241 e.